The Labute approximate surface area is 231 Å². The summed E-state index contributed by atoms with van der Waals surface area (Å²) in [5.41, 5.74) is 0.000694. The second-order valence-corrected chi connectivity index (χ2v) is 10.8. The van der Waals surface area contributed by atoms with Crippen molar-refractivity contribution in [1.29, 1.82) is 0 Å². The lowest BCUT2D eigenvalue weighted by atomic mass is 9.67. The van der Waals surface area contributed by atoms with Crippen LogP contribution in [0.5, 0.6) is 23.0 Å². The number of fused-ring (bicyclic) bond motifs is 2. The van der Waals surface area contributed by atoms with Gasteiger partial charge in [0.1, 0.15) is 45.5 Å². The van der Waals surface area contributed by atoms with E-state index >= 15 is 0 Å². The van der Waals surface area contributed by atoms with E-state index in [0.717, 1.165) is 0 Å². The van der Waals surface area contributed by atoms with Gasteiger partial charge >= 0.3 is 0 Å². The van der Waals surface area contributed by atoms with Gasteiger partial charge in [0, 0.05) is 28.8 Å². The molecule has 0 aliphatic heterocycles. The summed E-state index contributed by atoms with van der Waals surface area (Å²) in [6.07, 6.45) is -0.148. The first-order chi connectivity index (χ1) is 19.4. The Balaban J connectivity index is 1.74. The van der Waals surface area contributed by atoms with Crippen molar-refractivity contribution in [1.82, 2.24) is 0 Å². The van der Waals surface area contributed by atoms with Gasteiger partial charge in [0.05, 0.1) is 16.0 Å². The SMILES string of the molecule is CC(O)=c1c(O)c2c3c(c1O)c(=O)cc1oc4cccc(=O)c4c(c13)C(C(C)CC(=O)c1c(O)cccc1O)C2C. The van der Waals surface area contributed by atoms with Gasteiger partial charge in [0.15, 0.2) is 16.6 Å². The van der Waals surface area contributed by atoms with Crippen LogP contribution in [0.15, 0.2) is 56.5 Å². The van der Waals surface area contributed by atoms with Crippen molar-refractivity contribution in [3.8, 4) is 23.0 Å². The van der Waals surface area contributed by atoms with E-state index in [1.165, 1.54) is 43.3 Å². The Morgan fingerprint density at radius 2 is 1.51 bits per heavy atom. The summed E-state index contributed by atoms with van der Waals surface area (Å²) in [4.78, 5) is 40.0. The molecule has 0 bridgehead atoms. The molecule has 1 aliphatic carbocycles. The van der Waals surface area contributed by atoms with Crippen LogP contribution < -0.4 is 16.1 Å². The van der Waals surface area contributed by atoms with E-state index < -0.39 is 46.2 Å². The predicted molar refractivity (Wildman–Crippen MR) is 153 cm³/mol. The summed E-state index contributed by atoms with van der Waals surface area (Å²) in [5, 5.41) is 53.9. The van der Waals surface area contributed by atoms with Gasteiger partial charge in [-0.1, -0.05) is 26.0 Å². The zero-order valence-corrected chi connectivity index (χ0v) is 22.3. The molecule has 1 heterocycles. The molecule has 0 amide bonds. The van der Waals surface area contributed by atoms with Crippen molar-refractivity contribution in [3.05, 3.63) is 84.8 Å². The average molecular weight is 555 g/mol. The van der Waals surface area contributed by atoms with Gasteiger partial charge in [-0.05, 0) is 54.5 Å². The largest absolute Gasteiger partial charge is 0.512 e. The number of carbonyl (C=O) groups excluding carboxylic acids is 1. The van der Waals surface area contributed by atoms with Crippen LogP contribution in [-0.2, 0) is 0 Å². The highest BCUT2D eigenvalue weighted by Gasteiger charge is 2.40. The number of hydrogen-bond donors (Lipinski definition) is 5. The normalized spacial score (nSPS) is 17.8. The highest BCUT2D eigenvalue weighted by Crippen LogP contribution is 2.54. The zero-order valence-electron chi connectivity index (χ0n) is 22.3. The molecular weight excluding hydrogens is 528 g/mol. The summed E-state index contributed by atoms with van der Waals surface area (Å²) in [5.74, 6) is -4.42. The number of aliphatic hydroxyl groups is 1. The monoisotopic (exact) mass is 554 g/mol. The Hall–Kier alpha value is -5.05. The summed E-state index contributed by atoms with van der Waals surface area (Å²) in [7, 11) is 0. The third-order valence-electron chi connectivity index (χ3n) is 8.35. The fourth-order valence-electron chi connectivity index (χ4n) is 6.74. The Bertz CT molecular complexity index is 2120. The first-order valence-corrected chi connectivity index (χ1v) is 13.1. The zero-order chi connectivity index (χ0) is 29.5. The molecule has 1 aromatic heterocycles. The Morgan fingerprint density at radius 1 is 0.854 bits per heavy atom. The quantitative estimate of drug-likeness (QED) is 0.119. The van der Waals surface area contributed by atoms with Gasteiger partial charge < -0.3 is 29.9 Å². The van der Waals surface area contributed by atoms with Crippen LogP contribution in [0.25, 0.3) is 38.5 Å². The van der Waals surface area contributed by atoms with Crippen molar-refractivity contribution in [3.63, 3.8) is 0 Å². The highest BCUT2D eigenvalue weighted by atomic mass is 16.3. The third-order valence-corrected chi connectivity index (χ3v) is 8.35. The molecule has 5 aromatic rings. The number of rotatable bonds is 4. The summed E-state index contributed by atoms with van der Waals surface area (Å²) < 4.78 is 6.04. The molecule has 0 radical (unpaired) electrons. The lowest BCUT2D eigenvalue weighted by molar-refractivity contribution is 0.0951. The van der Waals surface area contributed by atoms with E-state index in [1.807, 2.05) is 0 Å². The fourth-order valence-corrected chi connectivity index (χ4v) is 6.74. The van der Waals surface area contributed by atoms with Crippen LogP contribution in [-0.4, -0.2) is 31.3 Å². The van der Waals surface area contributed by atoms with Crippen molar-refractivity contribution in [2.75, 3.05) is 0 Å². The van der Waals surface area contributed by atoms with Crippen LogP contribution >= 0.6 is 0 Å². The maximum atomic E-state index is 13.4. The van der Waals surface area contributed by atoms with E-state index in [2.05, 4.69) is 0 Å². The molecule has 5 N–H and O–H groups in total. The van der Waals surface area contributed by atoms with E-state index in [9.17, 15) is 39.9 Å². The predicted octanol–water partition coefficient (Wildman–Crippen LogP) is 4.80. The second kappa shape index (κ2) is 8.99. The first-order valence-electron chi connectivity index (χ1n) is 13.1. The third kappa shape index (κ3) is 3.58. The van der Waals surface area contributed by atoms with E-state index in [-0.39, 0.29) is 67.0 Å². The summed E-state index contributed by atoms with van der Waals surface area (Å²) in [6, 6.07) is 9.76. The molecule has 0 spiro atoms. The summed E-state index contributed by atoms with van der Waals surface area (Å²) in [6.45, 7) is 4.85. The first kappa shape index (κ1) is 26.2. The lowest BCUT2D eigenvalue weighted by Gasteiger charge is -2.36. The van der Waals surface area contributed by atoms with E-state index in [0.29, 0.717) is 10.9 Å². The maximum absolute atomic E-state index is 13.4. The lowest BCUT2D eigenvalue weighted by Crippen LogP contribution is -2.26. The Kier molecular flexibility index (Phi) is 5.74. The number of aliphatic hydroxyl groups excluding tert-OH is 1. The van der Waals surface area contributed by atoms with Crippen LogP contribution in [0.1, 0.15) is 60.5 Å². The van der Waals surface area contributed by atoms with Crippen LogP contribution in [0.4, 0.5) is 0 Å². The van der Waals surface area contributed by atoms with Crippen molar-refractivity contribution in [2.45, 2.75) is 39.0 Å². The highest BCUT2D eigenvalue weighted by molar-refractivity contribution is 6.16. The second-order valence-electron chi connectivity index (χ2n) is 10.8. The minimum Gasteiger partial charge on any atom is -0.512 e. The summed E-state index contributed by atoms with van der Waals surface area (Å²) >= 11 is 0. The van der Waals surface area contributed by atoms with Gasteiger partial charge in [-0.3, -0.25) is 14.4 Å². The molecule has 4 aromatic carbocycles. The van der Waals surface area contributed by atoms with E-state index in [1.54, 1.807) is 19.9 Å². The molecule has 0 fully saturated rings. The van der Waals surface area contributed by atoms with Gasteiger partial charge in [-0.15, -0.1) is 0 Å². The van der Waals surface area contributed by atoms with Gasteiger partial charge in [-0.25, -0.2) is 0 Å². The van der Waals surface area contributed by atoms with Crippen LogP contribution in [0.2, 0.25) is 0 Å². The topological polar surface area (TPSA) is 165 Å². The minimum atomic E-state index is -0.625. The fraction of sp³-hybridized carbons (Fsp3) is 0.219. The molecule has 1 aliphatic rings. The van der Waals surface area contributed by atoms with Gasteiger partial charge in [0.25, 0.3) is 0 Å². The van der Waals surface area contributed by atoms with Gasteiger partial charge in [-0.2, -0.15) is 0 Å². The number of phenolic OH excluding ortho intramolecular Hbond substituents is 4. The van der Waals surface area contributed by atoms with E-state index in [4.69, 9.17) is 4.42 Å². The number of hydrogen-bond acceptors (Lipinski definition) is 9. The number of Topliss-reactive ketones (excluding diaryl/α,β-unsaturated/α-hetero) is 1. The van der Waals surface area contributed by atoms with Crippen molar-refractivity contribution in [2.24, 2.45) is 5.92 Å². The van der Waals surface area contributed by atoms with Crippen LogP contribution in [0, 0.1) is 5.92 Å². The van der Waals surface area contributed by atoms with Crippen molar-refractivity contribution >= 4 is 44.3 Å². The van der Waals surface area contributed by atoms with Crippen LogP contribution in [0.3, 0.4) is 0 Å². The Morgan fingerprint density at radius 3 is 2.17 bits per heavy atom. The minimum absolute atomic E-state index is 0.124. The number of ketones is 1. The molecule has 208 valence electrons. The average Bonchev–Trinajstić information content (AvgIpc) is 2.87. The molecule has 41 heavy (non-hydrogen) atoms. The number of phenols is 4. The number of benzene rings is 4. The molecule has 0 saturated heterocycles. The molecular formula is C32H26O9. The number of aromatic hydroxyl groups is 4. The molecule has 9 nitrogen and oxygen atoms in total. The van der Waals surface area contributed by atoms with Gasteiger partial charge in [0.2, 0.25) is 0 Å². The molecule has 9 heteroatoms. The molecule has 0 saturated carbocycles. The smallest absolute Gasteiger partial charge is 0.193 e. The maximum Gasteiger partial charge on any atom is 0.193 e. The number of carbonyl (C=O) groups is 1. The molecule has 3 unspecified atom stereocenters. The molecule has 3 atom stereocenters. The van der Waals surface area contributed by atoms with Crippen molar-refractivity contribution < 1.29 is 34.7 Å². The molecule has 6 rings (SSSR count). The standard InChI is InChI=1S/C32H26O9/c1-12(10-18(37)25-15(34)6-4-7-16(25)35)22-13(2)23-30-27(32(40)24(14(3)33)31(23)39)19(38)11-21-28(30)29(22)26-17(36)8-5-9-20(26)41-21/h4-9,11-13,22,33-35,39-40H,10H2,1-3H3.